The summed E-state index contributed by atoms with van der Waals surface area (Å²) in [6, 6.07) is 4.33. The number of carbonyl (C=O) groups is 1. The van der Waals surface area contributed by atoms with E-state index in [4.69, 9.17) is 4.74 Å². The van der Waals surface area contributed by atoms with E-state index in [0.29, 0.717) is 32.7 Å². The number of aromatic amines is 1. The molecule has 31 heavy (non-hydrogen) atoms. The van der Waals surface area contributed by atoms with Crippen LogP contribution in [0.2, 0.25) is 0 Å². The summed E-state index contributed by atoms with van der Waals surface area (Å²) in [4.78, 5) is 33.0. The second-order valence-electron chi connectivity index (χ2n) is 7.00. The zero-order valence-electron chi connectivity index (χ0n) is 16.3. The van der Waals surface area contributed by atoms with Gasteiger partial charge in [0.15, 0.2) is 5.82 Å². The third kappa shape index (κ3) is 4.68. The van der Waals surface area contributed by atoms with Crippen LogP contribution < -0.4 is 10.9 Å². The number of fused-ring (bicyclic) bond motifs is 1. The van der Waals surface area contributed by atoms with Crippen molar-refractivity contribution in [3.8, 4) is 0 Å². The van der Waals surface area contributed by atoms with Gasteiger partial charge in [0.05, 0.1) is 17.5 Å². The maximum atomic E-state index is 13.1. The van der Waals surface area contributed by atoms with Gasteiger partial charge < -0.3 is 19.9 Å². The van der Waals surface area contributed by atoms with Gasteiger partial charge in [-0.3, -0.25) is 19.3 Å². The van der Waals surface area contributed by atoms with Gasteiger partial charge in [-0.05, 0) is 24.6 Å². The lowest BCUT2D eigenvalue weighted by molar-refractivity contribution is -0.141. The molecule has 4 rings (SSSR count). The third-order valence-electron chi connectivity index (χ3n) is 4.76. The second-order valence-corrected chi connectivity index (χ2v) is 7.00. The average molecular weight is 436 g/mol. The smallest absolute Gasteiger partial charge is 0.380 e. The first-order valence-corrected chi connectivity index (χ1v) is 9.57. The average Bonchev–Trinajstić information content (AvgIpc) is 2.90. The van der Waals surface area contributed by atoms with E-state index in [-0.39, 0.29) is 34.0 Å². The van der Waals surface area contributed by atoms with Crippen molar-refractivity contribution in [2.75, 3.05) is 31.6 Å². The first-order chi connectivity index (χ1) is 14.8. The number of carbonyl (C=O) groups excluding carboxylic acids is 1. The van der Waals surface area contributed by atoms with Gasteiger partial charge >= 0.3 is 6.18 Å². The minimum Gasteiger partial charge on any atom is -0.380 e. The Morgan fingerprint density at radius 1 is 1.29 bits per heavy atom. The topological polar surface area (TPSA) is 105 Å². The molecule has 0 aliphatic carbocycles. The fourth-order valence-corrected chi connectivity index (χ4v) is 3.33. The van der Waals surface area contributed by atoms with Gasteiger partial charge in [-0.2, -0.15) is 18.3 Å². The number of aromatic nitrogens is 4. The fraction of sp³-hybridized carbons (Fsp3) is 0.368. The van der Waals surface area contributed by atoms with Crippen molar-refractivity contribution in [1.82, 2.24) is 24.6 Å². The normalized spacial score (nSPS) is 15.1. The molecule has 164 valence electrons. The molecule has 4 heterocycles. The Bertz CT molecular complexity index is 1150. The molecule has 1 aliphatic rings. The number of rotatable bonds is 4. The molecule has 0 bridgehead atoms. The molecule has 1 aliphatic heterocycles. The lowest BCUT2D eigenvalue weighted by Crippen LogP contribution is -2.33. The van der Waals surface area contributed by atoms with Crippen molar-refractivity contribution >= 4 is 28.3 Å². The molecule has 3 aromatic heterocycles. The molecule has 0 atom stereocenters. The van der Waals surface area contributed by atoms with E-state index in [9.17, 15) is 22.8 Å². The highest BCUT2D eigenvalue weighted by molar-refractivity contribution is 5.98. The van der Waals surface area contributed by atoms with Crippen molar-refractivity contribution in [2.45, 2.75) is 19.1 Å². The lowest BCUT2D eigenvalue weighted by Gasteiger charge is -2.19. The maximum absolute atomic E-state index is 13.1. The molecule has 9 nitrogen and oxygen atoms in total. The maximum Gasteiger partial charge on any atom is 0.408 e. The number of anilines is 2. The number of hydrogen-bond acceptors (Lipinski definition) is 6. The Hall–Kier alpha value is -3.41. The van der Waals surface area contributed by atoms with E-state index in [1.165, 1.54) is 24.5 Å². The summed E-state index contributed by atoms with van der Waals surface area (Å²) in [6.07, 6.45) is -1.15. The summed E-state index contributed by atoms with van der Waals surface area (Å²) in [7, 11) is 0. The summed E-state index contributed by atoms with van der Waals surface area (Å²) in [5, 5.41) is 6.99. The van der Waals surface area contributed by atoms with Crippen LogP contribution in [0.25, 0.3) is 10.9 Å². The predicted molar refractivity (Wildman–Crippen MR) is 105 cm³/mol. The van der Waals surface area contributed by atoms with Crippen LogP contribution >= 0.6 is 0 Å². The van der Waals surface area contributed by atoms with Gasteiger partial charge in [-0.25, -0.2) is 0 Å². The van der Waals surface area contributed by atoms with Gasteiger partial charge in [0.25, 0.3) is 11.5 Å². The standard InChI is InChI=1S/C19H19F3N6O3/c20-19(21,22)11-28-15-9-14(18(30)27-5-2-7-31-8-6-27)24-10-12(15)16(26-28)25-13-3-1-4-23-17(13)29/h1,3-4,9-10H,2,5-8,11H2,(H,23,29)(H,25,26). The van der Waals surface area contributed by atoms with Crippen LogP contribution in [0.1, 0.15) is 16.9 Å². The largest absolute Gasteiger partial charge is 0.408 e. The first-order valence-electron chi connectivity index (χ1n) is 9.57. The van der Waals surface area contributed by atoms with E-state index in [0.717, 1.165) is 4.68 Å². The minimum atomic E-state index is -4.53. The molecular formula is C19H19F3N6O3. The quantitative estimate of drug-likeness (QED) is 0.650. The monoisotopic (exact) mass is 436 g/mol. The Morgan fingerprint density at radius 3 is 2.90 bits per heavy atom. The molecule has 1 amide bonds. The van der Waals surface area contributed by atoms with Crippen LogP contribution in [0.5, 0.6) is 0 Å². The van der Waals surface area contributed by atoms with E-state index in [1.54, 1.807) is 11.0 Å². The number of nitrogens with zero attached hydrogens (tertiary/aromatic N) is 4. The molecule has 0 saturated carbocycles. The number of pyridine rings is 2. The Balaban J connectivity index is 1.74. The first kappa shape index (κ1) is 20.8. The van der Waals surface area contributed by atoms with E-state index >= 15 is 0 Å². The minimum absolute atomic E-state index is 0.0156. The van der Waals surface area contributed by atoms with Crippen molar-refractivity contribution in [2.24, 2.45) is 0 Å². The van der Waals surface area contributed by atoms with Gasteiger partial charge in [-0.1, -0.05) is 0 Å². The summed E-state index contributed by atoms with van der Waals surface area (Å²) < 4.78 is 45.5. The van der Waals surface area contributed by atoms with Crippen molar-refractivity contribution in [3.63, 3.8) is 0 Å². The molecule has 0 spiro atoms. The van der Waals surface area contributed by atoms with E-state index < -0.39 is 18.3 Å². The van der Waals surface area contributed by atoms with Crippen LogP contribution in [0.3, 0.4) is 0 Å². The molecule has 0 radical (unpaired) electrons. The molecule has 0 unspecified atom stereocenters. The lowest BCUT2D eigenvalue weighted by atomic mass is 10.2. The van der Waals surface area contributed by atoms with Crippen molar-refractivity contribution in [1.29, 1.82) is 0 Å². The van der Waals surface area contributed by atoms with Crippen LogP contribution in [0.15, 0.2) is 35.4 Å². The van der Waals surface area contributed by atoms with Crippen LogP contribution in [-0.2, 0) is 11.3 Å². The van der Waals surface area contributed by atoms with Crippen LogP contribution in [0, 0.1) is 0 Å². The predicted octanol–water partition coefficient (Wildman–Crippen LogP) is 2.29. The highest BCUT2D eigenvalue weighted by Crippen LogP contribution is 2.28. The zero-order chi connectivity index (χ0) is 22.0. The van der Waals surface area contributed by atoms with Gasteiger partial charge in [0, 0.05) is 32.1 Å². The fourth-order valence-electron chi connectivity index (χ4n) is 3.33. The number of halogens is 3. The van der Waals surface area contributed by atoms with Gasteiger partial charge in [0.2, 0.25) is 0 Å². The van der Waals surface area contributed by atoms with E-state index in [1.807, 2.05) is 0 Å². The number of hydrogen-bond donors (Lipinski definition) is 2. The molecule has 3 aromatic rings. The molecule has 12 heteroatoms. The van der Waals surface area contributed by atoms with Crippen LogP contribution in [0.4, 0.5) is 24.7 Å². The third-order valence-corrected chi connectivity index (χ3v) is 4.76. The Morgan fingerprint density at radius 2 is 2.13 bits per heavy atom. The summed E-state index contributed by atoms with van der Waals surface area (Å²) in [5.41, 5.74) is -0.242. The highest BCUT2D eigenvalue weighted by Gasteiger charge is 2.30. The summed E-state index contributed by atoms with van der Waals surface area (Å²) in [5.74, 6) is -0.355. The SMILES string of the molecule is O=C(c1cc2c(cn1)c(Nc1ccc[nH]c1=O)nn2CC(F)(F)F)N1CCCOCC1. The molecule has 1 saturated heterocycles. The van der Waals surface area contributed by atoms with Crippen molar-refractivity contribution < 1.29 is 22.7 Å². The van der Waals surface area contributed by atoms with Crippen LogP contribution in [-0.4, -0.2) is 63.0 Å². The molecule has 2 N–H and O–H groups in total. The number of nitrogens with one attached hydrogen (secondary N) is 2. The molecule has 0 aromatic carbocycles. The zero-order valence-corrected chi connectivity index (χ0v) is 16.3. The molecular weight excluding hydrogens is 417 g/mol. The van der Waals surface area contributed by atoms with E-state index in [2.05, 4.69) is 20.4 Å². The Kier molecular flexibility index (Phi) is 5.63. The highest BCUT2D eigenvalue weighted by atomic mass is 19.4. The second kappa shape index (κ2) is 8.38. The number of alkyl halides is 3. The Labute approximate surface area is 173 Å². The number of ether oxygens (including phenoxy) is 1. The number of amides is 1. The van der Waals surface area contributed by atoms with Gasteiger partial charge in [0.1, 0.15) is 17.9 Å². The van der Waals surface area contributed by atoms with Gasteiger partial charge in [-0.15, -0.1) is 0 Å². The summed E-state index contributed by atoms with van der Waals surface area (Å²) in [6.45, 7) is 0.432. The molecule has 1 fully saturated rings. The number of H-pyrrole nitrogens is 1. The summed E-state index contributed by atoms with van der Waals surface area (Å²) >= 11 is 0. The van der Waals surface area contributed by atoms with Crippen molar-refractivity contribution in [3.05, 3.63) is 46.6 Å².